The highest BCUT2D eigenvalue weighted by atomic mass is 16.5. The third-order valence-electron chi connectivity index (χ3n) is 3.66. The Morgan fingerprint density at radius 2 is 2.21 bits per heavy atom. The Kier molecular flexibility index (Phi) is 5.05. The summed E-state index contributed by atoms with van der Waals surface area (Å²) < 4.78 is 10.6. The van der Waals surface area contributed by atoms with E-state index in [0.29, 0.717) is 6.04 Å². The van der Waals surface area contributed by atoms with E-state index in [2.05, 4.69) is 17.4 Å². The molecule has 0 spiro atoms. The van der Waals surface area contributed by atoms with Gasteiger partial charge in [-0.1, -0.05) is 0 Å². The van der Waals surface area contributed by atoms with Gasteiger partial charge in [0, 0.05) is 19.2 Å². The fraction of sp³-hybridized carbons (Fsp3) is 0.600. The maximum atomic E-state index is 5.95. The van der Waals surface area contributed by atoms with E-state index in [0.717, 1.165) is 50.5 Å². The van der Waals surface area contributed by atoms with Gasteiger partial charge in [0.1, 0.15) is 5.75 Å². The van der Waals surface area contributed by atoms with E-state index >= 15 is 0 Å². The second-order valence-corrected chi connectivity index (χ2v) is 4.95. The second kappa shape index (κ2) is 6.78. The predicted molar refractivity (Wildman–Crippen MR) is 77.7 cm³/mol. The van der Waals surface area contributed by atoms with Gasteiger partial charge in [-0.15, -0.1) is 0 Å². The summed E-state index contributed by atoms with van der Waals surface area (Å²) in [6, 6.07) is 4.67. The highest BCUT2D eigenvalue weighted by Crippen LogP contribution is 2.30. The Hall–Kier alpha value is -1.26. The Morgan fingerprint density at radius 3 is 2.95 bits per heavy atom. The lowest BCUT2D eigenvalue weighted by Gasteiger charge is -2.26. The number of hydrogen-bond acceptors (Lipinski definition) is 4. The topological polar surface area (TPSA) is 56.5 Å². The van der Waals surface area contributed by atoms with E-state index in [1.165, 1.54) is 11.1 Å². The average Bonchev–Trinajstić information content (AvgIpc) is 2.43. The first-order valence-electron chi connectivity index (χ1n) is 7.01. The zero-order chi connectivity index (χ0) is 13.7. The largest absolute Gasteiger partial charge is 0.495 e. The number of nitrogens with two attached hydrogens (primary N) is 1. The molecule has 19 heavy (non-hydrogen) atoms. The molecule has 0 radical (unpaired) electrons. The number of nitrogen functional groups attached to an aromatic ring is 1. The Bertz CT molecular complexity index is 421. The highest BCUT2D eigenvalue weighted by Gasteiger charge is 2.19. The van der Waals surface area contributed by atoms with Gasteiger partial charge < -0.3 is 20.5 Å². The summed E-state index contributed by atoms with van der Waals surface area (Å²) in [5, 5.41) is 3.55. The minimum atomic E-state index is 0.529. The summed E-state index contributed by atoms with van der Waals surface area (Å²) in [5.41, 5.74) is 9.40. The molecule has 0 saturated heterocycles. The van der Waals surface area contributed by atoms with Gasteiger partial charge in [-0.3, -0.25) is 0 Å². The number of ether oxygens (including phenoxy) is 2. The molecule has 106 valence electrons. The molecule has 1 aliphatic carbocycles. The predicted octanol–water partition coefficient (Wildman–Crippen LogP) is 1.76. The molecule has 1 unspecified atom stereocenters. The molecule has 4 nitrogen and oxygen atoms in total. The van der Waals surface area contributed by atoms with Crippen molar-refractivity contribution in [2.75, 3.05) is 32.6 Å². The summed E-state index contributed by atoms with van der Waals surface area (Å²) in [6.07, 6.45) is 3.28. The normalized spacial score (nSPS) is 18.1. The van der Waals surface area contributed by atoms with Crippen molar-refractivity contribution >= 4 is 5.69 Å². The van der Waals surface area contributed by atoms with Gasteiger partial charge in [-0.2, -0.15) is 0 Å². The molecular weight excluding hydrogens is 240 g/mol. The molecule has 0 fully saturated rings. The highest BCUT2D eigenvalue weighted by molar-refractivity contribution is 5.57. The SMILES string of the molecule is CCOCCNC1CCc2cc(N)c(OC)cc2C1. The number of benzene rings is 1. The smallest absolute Gasteiger partial charge is 0.142 e. The number of aryl methyl sites for hydroxylation is 1. The molecule has 4 heteroatoms. The first-order chi connectivity index (χ1) is 9.24. The number of hydrogen-bond donors (Lipinski definition) is 2. The van der Waals surface area contributed by atoms with Crippen LogP contribution in [0.4, 0.5) is 5.69 Å². The summed E-state index contributed by atoms with van der Waals surface area (Å²) in [4.78, 5) is 0. The fourth-order valence-electron chi connectivity index (χ4n) is 2.64. The Morgan fingerprint density at radius 1 is 1.37 bits per heavy atom. The van der Waals surface area contributed by atoms with Crippen molar-refractivity contribution in [2.45, 2.75) is 32.2 Å². The summed E-state index contributed by atoms with van der Waals surface area (Å²) >= 11 is 0. The number of methoxy groups -OCH3 is 1. The van der Waals surface area contributed by atoms with Crippen molar-refractivity contribution in [1.82, 2.24) is 5.32 Å². The van der Waals surface area contributed by atoms with Gasteiger partial charge in [0.05, 0.1) is 19.4 Å². The summed E-state index contributed by atoms with van der Waals surface area (Å²) in [6.45, 7) is 4.50. The van der Waals surface area contributed by atoms with Crippen LogP contribution in [0.25, 0.3) is 0 Å². The molecule has 0 heterocycles. The first kappa shape index (κ1) is 14.2. The molecule has 1 aromatic carbocycles. The molecule has 0 bridgehead atoms. The molecule has 0 aliphatic heterocycles. The zero-order valence-electron chi connectivity index (χ0n) is 11.9. The molecule has 3 N–H and O–H groups in total. The third kappa shape index (κ3) is 3.61. The van der Waals surface area contributed by atoms with Crippen LogP contribution >= 0.6 is 0 Å². The number of fused-ring (bicyclic) bond motifs is 1. The lowest BCUT2D eigenvalue weighted by Crippen LogP contribution is -2.36. The third-order valence-corrected chi connectivity index (χ3v) is 3.66. The second-order valence-electron chi connectivity index (χ2n) is 4.95. The molecule has 0 aromatic heterocycles. The van der Waals surface area contributed by atoms with Gasteiger partial charge >= 0.3 is 0 Å². The van der Waals surface area contributed by atoms with E-state index in [9.17, 15) is 0 Å². The minimum absolute atomic E-state index is 0.529. The maximum absolute atomic E-state index is 5.95. The van der Waals surface area contributed by atoms with Crippen molar-refractivity contribution in [3.8, 4) is 5.75 Å². The Labute approximate surface area is 115 Å². The molecule has 2 rings (SSSR count). The number of rotatable bonds is 6. The summed E-state index contributed by atoms with van der Waals surface area (Å²) in [7, 11) is 1.67. The van der Waals surface area contributed by atoms with Gasteiger partial charge in [0.2, 0.25) is 0 Å². The van der Waals surface area contributed by atoms with Gasteiger partial charge in [-0.25, -0.2) is 0 Å². The van der Waals surface area contributed by atoms with Crippen LogP contribution in [0.2, 0.25) is 0 Å². The standard InChI is InChI=1S/C15H24N2O2/c1-3-19-7-6-17-13-5-4-11-9-14(16)15(18-2)10-12(11)8-13/h9-10,13,17H,3-8,16H2,1-2H3. The van der Waals surface area contributed by atoms with Crippen molar-refractivity contribution in [3.63, 3.8) is 0 Å². The molecule has 1 aliphatic rings. The van der Waals surface area contributed by atoms with Crippen molar-refractivity contribution < 1.29 is 9.47 Å². The lowest BCUT2D eigenvalue weighted by atomic mass is 9.87. The van der Waals surface area contributed by atoms with Crippen molar-refractivity contribution in [1.29, 1.82) is 0 Å². The van der Waals surface area contributed by atoms with E-state index in [1.807, 2.05) is 6.92 Å². The Balaban J connectivity index is 1.95. The van der Waals surface area contributed by atoms with Gasteiger partial charge in [-0.05, 0) is 49.4 Å². The average molecular weight is 264 g/mol. The van der Waals surface area contributed by atoms with Gasteiger partial charge in [0.25, 0.3) is 0 Å². The van der Waals surface area contributed by atoms with Crippen LogP contribution in [0.3, 0.4) is 0 Å². The lowest BCUT2D eigenvalue weighted by molar-refractivity contribution is 0.146. The van der Waals surface area contributed by atoms with Crippen LogP contribution in [0.1, 0.15) is 24.5 Å². The number of nitrogens with one attached hydrogen (secondary N) is 1. The van der Waals surface area contributed by atoms with E-state index in [-0.39, 0.29) is 0 Å². The quantitative estimate of drug-likeness (QED) is 0.607. The summed E-state index contributed by atoms with van der Waals surface area (Å²) in [5.74, 6) is 0.786. The zero-order valence-corrected chi connectivity index (χ0v) is 11.9. The molecule has 1 atom stereocenters. The van der Waals surface area contributed by atoms with E-state index in [4.69, 9.17) is 15.2 Å². The van der Waals surface area contributed by atoms with Crippen molar-refractivity contribution in [2.24, 2.45) is 0 Å². The molecule has 1 aromatic rings. The van der Waals surface area contributed by atoms with Crippen LogP contribution in [0.5, 0.6) is 5.75 Å². The fourth-order valence-corrected chi connectivity index (χ4v) is 2.64. The maximum Gasteiger partial charge on any atom is 0.142 e. The van der Waals surface area contributed by atoms with E-state index in [1.54, 1.807) is 7.11 Å². The van der Waals surface area contributed by atoms with Crippen LogP contribution in [0, 0.1) is 0 Å². The minimum Gasteiger partial charge on any atom is -0.495 e. The molecule has 0 saturated carbocycles. The molecular formula is C15H24N2O2. The number of anilines is 1. The van der Waals surface area contributed by atoms with Gasteiger partial charge in [0.15, 0.2) is 0 Å². The van der Waals surface area contributed by atoms with E-state index < -0.39 is 0 Å². The van der Waals surface area contributed by atoms with Crippen LogP contribution < -0.4 is 15.8 Å². The first-order valence-corrected chi connectivity index (χ1v) is 7.01. The molecule has 0 amide bonds. The van der Waals surface area contributed by atoms with Crippen LogP contribution in [-0.4, -0.2) is 32.9 Å². The monoisotopic (exact) mass is 264 g/mol. The van der Waals surface area contributed by atoms with Crippen LogP contribution in [-0.2, 0) is 17.6 Å². The van der Waals surface area contributed by atoms with Crippen LogP contribution in [0.15, 0.2) is 12.1 Å². The van der Waals surface area contributed by atoms with Crippen molar-refractivity contribution in [3.05, 3.63) is 23.3 Å².